The van der Waals surface area contributed by atoms with Gasteiger partial charge in [-0.1, -0.05) is 26.0 Å². The van der Waals surface area contributed by atoms with Crippen LogP contribution in [0, 0.1) is 0 Å². The summed E-state index contributed by atoms with van der Waals surface area (Å²) in [5, 5.41) is 18.9. The second-order valence-corrected chi connectivity index (χ2v) is 11.5. The van der Waals surface area contributed by atoms with E-state index < -0.39 is 0 Å². The number of aryl methyl sites for hydroxylation is 1. The molecule has 1 saturated heterocycles. The van der Waals surface area contributed by atoms with Crippen molar-refractivity contribution in [2.45, 2.75) is 51.7 Å². The quantitative estimate of drug-likeness (QED) is 0.342. The second-order valence-electron chi connectivity index (χ2n) is 11.5. The van der Waals surface area contributed by atoms with Gasteiger partial charge in [0.05, 0.1) is 16.9 Å². The average molecular weight is 514 g/mol. The lowest BCUT2D eigenvalue weighted by Crippen LogP contribution is -2.68. The van der Waals surface area contributed by atoms with Gasteiger partial charge in [0.25, 0.3) is 0 Å². The number of H-pyrrole nitrogens is 2. The third-order valence-electron chi connectivity index (χ3n) is 8.82. The van der Waals surface area contributed by atoms with E-state index in [4.69, 9.17) is 4.98 Å². The predicted molar refractivity (Wildman–Crippen MR) is 152 cm³/mol. The van der Waals surface area contributed by atoms with Crippen molar-refractivity contribution in [3.8, 4) is 28.4 Å². The van der Waals surface area contributed by atoms with Crippen LogP contribution < -0.4 is 0 Å². The number of nitrogens with zero attached hydrogens (tertiary/aromatic N) is 5. The summed E-state index contributed by atoms with van der Waals surface area (Å²) < 4.78 is 0. The van der Waals surface area contributed by atoms with Gasteiger partial charge in [0, 0.05) is 49.6 Å². The molecule has 0 aliphatic carbocycles. The second kappa shape index (κ2) is 9.52. The first kappa shape index (κ1) is 25.1. The summed E-state index contributed by atoms with van der Waals surface area (Å²) in [5.41, 5.74) is 7.90. The molecule has 0 amide bonds. The highest BCUT2D eigenvalue weighted by Gasteiger charge is 2.42. The number of aromatic hydroxyl groups is 1. The first-order valence-corrected chi connectivity index (χ1v) is 13.8. The molecule has 0 spiro atoms. The maximum Gasteiger partial charge on any atom is 0.159 e. The lowest BCUT2D eigenvalue weighted by Gasteiger charge is -2.53. The predicted octanol–water partition coefficient (Wildman–Crippen LogP) is 4.27. The number of likely N-dealkylation sites (tertiary alicyclic amines) is 1. The van der Waals surface area contributed by atoms with Crippen molar-refractivity contribution in [1.29, 1.82) is 0 Å². The maximum absolute atomic E-state index is 9.90. The molecule has 1 atom stereocenters. The molecule has 4 aromatic rings. The molecule has 0 unspecified atom stereocenters. The molecule has 3 N–H and O–H groups in total. The van der Waals surface area contributed by atoms with Crippen molar-refractivity contribution >= 4 is 10.9 Å². The molecule has 2 aromatic carbocycles. The van der Waals surface area contributed by atoms with E-state index in [1.165, 1.54) is 11.4 Å². The van der Waals surface area contributed by atoms with Gasteiger partial charge < -0.3 is 15.0 Å². The Bertz CT molecular complexity index is 1460. The molecule has 0 radical (unpaired) electrons. The van der Waals surface area contributed by atoms with E-state index in [2.05, 4.69) is 82.9 Å². The number of hydrogen-bond acceptors (Lipinski definition) is 6. The first-order chi connectivity index (χ1) is 18.3. The van der Waals surface area contributed by atoms with E-state index in [9.17, 15) is 5.11 Å². The van der Waals surface area contributed by atoms with Crippen molar-refractivity contribution in [3.05, 3.63) is 53.3 Å². The van der Waals surface area contributed by atoms with Gasteiger partial charge in [-0.15, -0.1) is 0 Å². The molecule has 1 fully saturated rings. The minimum absolute atomic E-state index is 0.289. The van der Waals surface area contributed by atoms with Gasteiger partial charge in [-0.25, -0.2) is 4.98 Å². The minimum atomic E-state index is 0.289. The lowest BCUT2D eigenvalue weighted by atomic mass is 9.89. The zero-order valence-electron chi connectivity index (χ0n) is 23.2. The van der Waals surface area contributed by atoms with Crippen LogP contribution in [-0.4, -0.2) is 91.8 Å². The van der Waals surface area contributed by atoms with E-state index in [1.807, 2.05) is 12.1 Å². The Morgan fingerprint density at radius 3 is 2.68 bits per heavy atom. The number of aromatic amines is 2. The van der Waals surface area contributed by atoms with E-state index >= 15 is 0 Å². The topological polar surface area (TPSA) is 87.3 Å². The third-order valence-corrected chi connectivity index (χ3v) is 8.82. The first-order valence-electron chi connectivity index (χ1n) is 13.8. The molecule has 2 aromatic heterocycles. The van der Waals surface area contributed by atoms with Gasteiger partial charge in [0.2, 0.25) is 0 Å². The van der Waals surface area contributed by atoms with E-state index in [0.717, 1.165) is 84.7 Å². The number of benzene rings is 2. The number of rotatable bonds is 7. The van der Waals surface area contributed by atoms with Gasteiger partial charge in [-0.3, -0.25) is 14.9 Å². The van der Waals surface area contributed by atoms with Crippen molar-refractivity contribution in [1.82, 2.24) is 34.9 Å². The molecule has 8 nitrogen and oxygen atoms in total. The molecule has 0 saturated carbocycles. The third kappa shape index (κ3) is 4.30. The average Bonchev–Trinajstić information content (AvgIpc) is 3.49. The van der Waals surface area contributed by atoms with Crippen LogP contribution in [0.4, 0.5) is 0 Å². The highest BCUT2D eigenvalue weighted by atomic mass is 16.3. The minimum Gasteiger partial charge on any atom is -0.508 e. The molecule has 38 heavy (non-hydrogen) atoms. The standard InChI is InChI=1S/C30H39N7O/c1-6-19-12-22(38)9-11-23(19)20-8-10-24-25(13-20)33-34-28(24)29-31-26-14-21(37(7-2)16-27(26)32-29)15-36-17-30(3,18-36)35(4)5/h8-13,21,38H,6-7,14-18H2,1-5H3,(H,31,32)(H,33,34)/t21-/m0/s1. The Morgan fingerprint density at radius 1 is 1.13 bits per heavy atom. The zero-order valence-corrected chi connectivity index (χ0v) is 23.2. The van der Waals surface area contributed by atoms with Crippen LogP contribution in [0.1, 0.15) is 37.7 Å². The number of imidazole rings is 1. The number of aromatic nitrogens is 4. The molecular weight excluding hydrogens is 474 g/mol. The van der Waals surface area contributed by atoms with E-state index in [1.54, 1.807) is 6.07 Å². The Hall–Kier alpha value is -3.20. The number of hydrogen-bond donors (Lipinski definition) is 3. The van der Waals surface area contributed by atoms with Crippen LogP contribution in [0.5, 0.6) is 5.75 Å². The molecule has 6 rings (SSSR count). The zero-order chi connectivity index (χ0) is 26.6. The maximum atomic E-state index is 9.90. The van der Waals surface area contributed by atoms with Crippen LogP contribution in [-0.2, 0) is 19.4 Å². The highest BCUT2D eigenvalue weighted by Crippen LogP contribution is 2.34. The molecular formula is C30H39N7O. The van der Waals surface area contributed by atoms with Gasteiger partial charge in [-0.05, 0) is 74.9 Å². The normalized spacial score (nSPS) is 19.7. The van der Waals surface area contributed by atoms with E-state index in [0.29, 0.717) is 11.8 Å². The van der Waals surface area contributed by atoms with Crippen LogP contribution in [0.2, 0.25) is 0 Å². The Labute approximate surface area is 224 Å². The molecule has 200 valence electrons. The number of phenols is 1. The van der Waals surface area contributed by atoms with Crippen molar-refractivity contribution in [2.24, 2.45) is 0 Å². The summed E-state index contributed by atoms with van der Waals surface area (Å²) in [6.45, 7) is 12.0. The molecule has 0 bridgehead atoms. The van der Waals surface area contributed by atoms with Gasteiger partial charge >= 0.3 is 0 Å². The van der Waals surface area contributed by atoms with Gasteiger partial charge in [-0.2, -0.15) is 5.10 Å². The van der Waals surface area contributed by atoms with E-state index in [-0.39, 0.29) is 5.54 Å². The summed E-state index contributed by atoms with van der Waals surface area (Å²) in [4.78, 5) is 16.2. The fraction of sp³-hybridized carbons (Fsp3) is 0.467. The molecule has 8 heteroatoms. The Kier molecular flexibility index (Phi) is 6.29. The number of fused-ring (bicyclic) bond motifs is 2. The van der Waals surface area contributed by atoms with Crippen LogP contribution >= 0.6 is 0 Å². The summed E-state index contributed by atoms with van der Waals surface area (Å²) in [6.07, 6.45) is 1.82. The summed E-state index contributed by atoms with van der Waals surface area (Å²) in [6, 6.07) is 12.5. The fourth-order valence-electron chi connectivity index (χ4n) is 6.24. The smallest absolute Gasteiger partial charge is 0.159 e. The Morgan fingerprint density at radius 2 is 1.95 bits per heavy atom. The Balaban J connectivity index is 1.24. The number of nitrogens with one attached hydrogen (secondary N) is 2. The fourth-order valence-corrected chi connectivity index (χ4v) is 6.24. The summed E-state index contributed by atoms with van der Waals surface area (Å²) in [5.74, 6) is 1.15. The summed E-state index contributed by atoms with van der Waals surface area (Å²) >= 11 is 0. The highest BCUT2D eigenvalue weighted by molar-refractivity contribution is 5.94. The van der Waals surface area contributed by atoms with Crippen molar-refractivity contribution in [3.63, 3.8) is 0 Å². The van der Waals surface area contributed by atoms with Crippen molar-refractivity contribution < 1.29 is 5.11 Å². The number of phenolic OH excluding ortho intramolecular Hbond substituents is 1. The molecule has 4 heterocycles. The van der Waals surface area contributed by atoms with Crippen LogP contribution in [0.15, 0.2) is 36.4 Å². The largest absolute Gasteiger partial charge is 0.508 e. The van der Waals surface area contributed by atoms with Crippen molar-refractivity contribution in [2.75, 3.05) is 40.3 Å². The van der Waals surface area contributed by atoms with Crippen LogP contribution in [0.25, 0.3) is 33.5 Å². The van der Waals surface area contributed by atoms with Gasteiger partial charge in [0.15, 0.2) is 5.82 Å². The van der Waals surface area contributed by atoms with Gasteiger partial charge in [0.1, 0.15) is 11.4 Å². The molecule has 2 aliphatic rings. The lowest BCUT2D eigenvalue weighted by molar-refractivity contribution is -0.0321. The van der Waals surface area contributed by atoms with Crippen LogP contribution in [0.3, 0.4) is 0 Å². The monoisotopic (exact) mass is 513 g/mol. The molecule has 2 aliphatic heterocycles. The summed E-state index contributed by atoms with van der Waals surface area (Å²) in [7, 11) is 4.37. The number of likely N-dealkylation sites (N-methyl/N-ethyl adjacent to an activating group) is 2. The SMILES string of the molecule is CCc1cc(O)ccc1-c1ccc2c(-c3nc4c([nH]3)CN(CC)[C@H](CN3CC(C)(N(C)C)C3)C4)n[nH]c2c1.